The van der Waals surface area contributed by atoms with Gasteiger partial charge in [0.1, 0.15) is 6.04 Å². The van der Waals surface area contributed by atoms with E-state index in [4.69, 9.17) is 21.3 Å². The highest BCUT2D eigenvalue weighted by molar-refractivity contribution is 6.30. The van der Waals surface area contributed by atoms with Crippen LogP contribution < -0.4 is 10.9 Å². The lowest BCUT2D eigenvalue weighted by molar-refractivity contribution is -0.695. The zero-order chi connectivity index (χ0) is 17.8. The predicted molar refractivity (Wildman–Crippen MR) is 99.4 cm³/mol. The first-order chi connectivity index (χ1) is 12.1. The minimum Gasteiger partial charge on any atom is -0.379 e. The summed E-state index contributed by atoms with van der Waals surface area (Å²) in [5.41, 5.74) is 1.33. The molecule has 3 rings (SSSR count). The molecule has 0 saturated heterocycles. The average Bonchev–Trinajstić information content (AvgIpc) is 2.61. The number of nitrogens with zero attached hydrogens (tertiary/aromatic N) is 2. The van der Waals surface area contributed by atoms with Crippen molar-refractivity contribution in [1.29, 1.82) is 0 Å². The van der Waals surface area contributed by atoms with Crippen molar-refractivity contribution in [3.63, 3.8) is 0 Å². The van der Waals surface area contributed by atoms with Gasteiger partial charge >= 0.3 is 0 Å². The fraction of sp³-hybridized carbons (Fsp3) is 0.263. The minimum absolute atomic E-state index is 0.00793. The van der Waals surface area contributed by atoms with Crippen LogP contribution in [0.4, 0.5) is 0 Å². The lowest BCUT2D eigenvalue weighted by Gasteiger charge is -2.17. The molecule has 0 aliphatic heterocycles. The first-order valence-corrected chi connectivity index (χ1v) is 8.59. The van der Waals surface area contributed by atoms with Crippen LogP contribution in [0, 0.1) is 0 Å². The number of rotatable bonds is 6. The molecule has 0 fully saturated rings. The summed E-state index contributed by atoms with van der Waals surface area (Å²) < 4.78 is 6.77. The number of quaternary nitrogens is 1. The van der Waals surface area contributed by atoms with Crippen LogP contribution >= 0.6 is 11.6 Å². The summed E-state index contributed by atoms with van der Waals surface area (Å²) in [6.07, 6.45) is 0. The molecular weight excluding hydrogens is 338 g/mol. The molecule has 25 heavy (non-hydrogen) atoms. The molecule has 2 aromatic carbocycles. The number of fused-ring (bicyclic) bond motifs is 1. The number of aromatic nitrogens is 2. The Kier molecular flexibility index (Phi) is 5.48. The number of hydrogen-bond donors (Lipinski definition) is 1. The van der Waals surface area contributed by atoms with Gasteiger partial charge in [-0.1, -0.05) is 29.8 Å². The number of hydrogen-bond acceptors (Lipinski definition) is 3. The standard InChI is InChI=1S/C19H20ClN3O2/c1-13(21-10-11-25-2)18-22-17-9-4-3-8-16(17)19(24)23(18)15-7-5-6-14(20)12-15/h3-9,12-13,21H,10-11H2,1-2H3/p+1/t13-/m1/s1. The van der Waals surface area contributed by atoms with Crippen LogP contribution in [0.5, 0.6) is 0 Å². The van der Waals surface area contributed by atoms with Crippen molar-refractivity contribution in [1.82, 2.24) is 9.55 Å². The Morgan fingerprint density at radius 2 is 2.04 bits per heavy atom. The van der Waals surface area contributed by atoms with E-state index in [0.29, 0.717) is 28.4 Å². The Bertz CT molecular complexity index is 939. The summed E-state index contributed by atoms with van der Waals surface area (Å²) >= 11 is 6.14. The van der Waals surface area contributed by atoms with Crippen LogP contribution in [-0.4, -0.2) is 29.8 Å². The van der Waals surface area contributed by atoms with Crippen molar-refractivity contribution in [3.8, 4) is 5.69 Å². The molecular formula is C19H21ClN3O2+. The third kappa shape index (κ3) is 3.74. The summed E-state index contributed by atoms with van der Waals surface area (Å²) in [7, 11) is 1.68. The maximum Gasteiger partial charge on any atom is 0.266 e. The van der Waals surface area contributed by atoms with E-state index in [1.54, 1.807) is 29.9 Å². The van der Waals surface area contributed by atoms with Gasteiger partial charge in [0.15, 0.2) is 5.82 Å². The number of benzene rings is 2. The van der Waals surface area contributed by atoms with E-state index >= 15 is 0 Å². The highest BCUT2D eigenvalue weighted by atomic mass is 35.5. The highest BCUT2D eigenvalue weighted by Gasteiger charge is 2.20. The van der Waals surface area contributed by atoms with Crippen molar-refractivity contribution < 1.29 is 10.1 Å². The SMILES string of the molecule is COCC[NH2+][C@H](C)c1nc2ccccc2c(=O)n1-c1cccc(Cl)c1. The molecule has 0 radical (unpaired) electrons. The fourth-order valence-electron chi connectivity index (χ4n) is 2.86. The molecule has 0 amide bonds. The van der Waals surface area contributed by atoms with E-state index in [0.717, 1.165) is 12.2 Å². The van der Waals surface area contributed by atoms with Gasteiger partial charge in [-0.15, -0.1) is 0 Å². The number of nitrogens with two attached hydrogens (primary N) is 1. The smallest absolute Gasteiger partial charge is 0.266 e. The van der Waals surface area contributed by atoms with Crippen molar-refractivity contribution in [2.45, 2.75) is 13.0 Å². The molecule has 0 bridgehead atoms. The lowest BCUT2D eigenvalue weighted by atomic mass is 10.2. The number of para-hydroxylation sites is 1. The third-order valence-electron chi connectivity index (χ3n) is 4.12. The monoisotopic (exact) mass is 358 g/mol. The van der Waals surface area contributed by atoms with Gasteiger partial charge in [0.25, 0.3) is 5.56 Å². The number of halogens is 1. The van der Waals surface area contributed by atoms with Gasteiger partial charge in [0, 0.05) is 12.1 Å². The Morgan fingerprint density at radius 1 is 1.24 bits per heavy atom. The molecule has 5 nitrogen and oxygen atoms in total. The van der Waals surface area contributed by atoms with E-state index in [9.17, 15) is 4.79 Å². The molecule has 6 heteroatoms. The molecule has 2 N–H and O–H groups in total. The van der Waals surface area contributed by atoms with Gasteiger partial charge < -0.3 is 10.1 Å². The molecule has 0 aliphatic rings. The molecule has 1 atom stereocenters. The maximum atomic E-state index is 13.1. The summed E-state index contributed by atoms with van der Waals surface area (Å²) in [6, 6.07) is 14.7. The second kappa shape index (κ2) is 7.78. The number of ether oxygens (including phenoxy) is 1. The zero-order valence-electron chi connectivity index (χ0n) is 14.3. The summed E-state index contributed by atoms with van der Waals surface area (Å²) in [5.74, 6) is 0.696. The summed E-state index contributed by atoms with van der Waals surface area (Å²) in [5, 5.41) is 3.29. The van der Waals surface area contributed by atoms with Gasteiger partial charge in [-0.2, -0.15) is 0 Å². The first kappa shape index (κ1) is 17.6. The van der Waals surface area contributed by atoms with Crippen LogP contribution in [0.25, 0.3) is 16.6 Å². The second-order valence-corrected chi connectivity index (χ2v) is 6.35. The van der Waals surface area contributed by atoms with Crippen LogP contribution in [0.15, 0.2) is 53.3 Å². The highest BCUT2D eigenvalue weighted by Crippen LogP contribution is 2.19. The first-order valence-electron chi connectivity index (χ1n) is 8.21. The Labute approximate surface area is 151 Å². The fourth-order valence-corrected chi connectivity index (χ4v) is 3.05. The van der Waals surface area contributed by atoms with E-state index < -0.39 is 0 Å². The largest absolute Gasteiger partial charge is 0.379 e. The molecule has 0 aliphatic carbocycles. The Morgan fingerprint density at radius 3 is 2.80 bits per heavy atom. The minimum atomic E-state index is -0.0881. The van der Waals surface area contributed by atoms with Gasteiger partial charge in [-0.3, -0.25) is 9.36 Å². The van der Waals surface area contributed by atoms with Crippen LogP contribution in [-0.2, 0) is 4.74 Å². The van der Waals surface area contributed by atoms with Gasteiger partial charge in [-0.05, 0) is 37.3 Å². The predicted octanol–water partition coefficient (Wildman–Crippen LogP) is 2.31. The van der Waals surface area contributed by atoms with Gasteiger partial charge in [-0.25, -0.2) is 4.98 Å². The van der Waals surface area contributed by atoms with Crippen LogP contribution in [0.1, 0.15) is 18.8 Å². The van der Waals surface area contributed by atoms with Gasteiger partial charge in [0.2, 0.25) is 0 Å². The van der Waals surface area contributed by atoms with E-state index in [1.165, 1.54) is 0 Å². The van der Waals surface area contributed by atoms with Crippen molar-refractivity contribution in [2.24, 2.45) is 0 Å². The molecule has 3 aromatic rings. The van der Waals surface area contributed by atoms with Crippen LogP contribution in [0.2, 0.25) is 5.02 Å². The van der Waals surface area contributed by atoms with Crippen molar-refractivity contribution in [2.75, 3.05) is 20.3 Å². The Hall–Kier alpha value is -2.21. The third-order valence-corrected chi connectivity index (χ3v) is 4.35. The summed E-state index contributed by atoms with van der Waals surface area (Å²) in [6.45, 7) is 3.46. The molecule has 0 unspecified atom stereocenters. The van der Waals surface area contributed by atoms with Gasteiger partial charge in [0.05, 0.1) is 29.7 Å². The molecule has 1 aromatic heterocycles. The van der Waals surface area contributed by atoms with E-state index in [1.807, 2.05) is 37.3 Å². The molecule has 0 saturated carbocycles. The van der Waals surface area contributed by atoms with Crippen molar-refractivity contribution >= 4 is 22.5 Å². The van der Waals surface area contributed by atoms with Crippen LogP contribution in [0.3, 0.4) is 0 Å². The topological polar surface area (TPSA) is 60.7 Å². The zero-order valence-corrected chi connectivity index (χ0v) is 15.0. The second-order valence-electron chi connectivity index (χ2n) is 5.91. The Balaban J connectivity index is 2.19. The molecule has 0 spiro atoms. The maximum absolute atomic E-state index is 13.1. The van der Waals surface area contributed by atoms with E-state index in [2.05, 4.69) is 5.32 Å². The number of methoxy groups -OCH3 is 1. The summed E-state index contributed by atoms with van der Waals surface area (Å²) in [4.78, 5) is 17.9. The normalized spacial score (nSPS) is 12.4. The lowest BCUT2D eigenvalue weighted by Crippen LogP contribution is -2.86. The molecule has 1 heterocycles. The van der Waals surface area contributed by atoms with Crippen molar-refractivity contribution in [3.05, 3.63) is 69.7 Å². The average molecular weight is 359 g/mol. The van der Waals surface area contributed by atoms with E-state index in [-0.39, 0.29) is 11.6 Å². The molecule has 130 valence electrons. The quantitative estimate of drug-likeness (QED) is 0.688.